The molecule has 16 heavy (non-hydrogen) atoms. The topological polar surface area (TPSA) is 46.2 Å². The average Bonchev–Trinajstić information content (AvgIpc) is 2.62. The lowest BCUT2D eigenvalue weighted by atomic mass is 10.2. The molecule has 0 saturated carbocycles. The maximum atomic E-state index is 8.88. The van der Waals surface area contributed by atoms with E-state index in [0.29, 0.717) is 12.2 Å². The number of nitrogens with zero attached hydrogens (tertiary/aromatic N) is 1. The van der Waals surface area contributed by atoms with Gasteiger partial charge in [-0.1, -0.05) is 19.1 Å². The number of nitriles is 1. The Kier molecular flexibility index (Phi) is 2.82. The lowest BCUT2D eigenvalue weighted by molar-refractivity contribution is 0.249. The number of furan rings is 1. The first-order chi connectivity index (χ1) is 7.76. The van der Waals surface area contributed by atoms with Gasteiger partial charge in [0.25, 0.3) is 0 Å². The summed E-state index contributed by atoms with van der Waals surface area (Å²) in [5, 5.41) is 9.81. The van der Waals surface area contributed by atoms with E-state index in [2.05, 4.69) is 6.07 Å². The van der Waals surface area contributed by atoms with Gasteiger partial charge in [-0.3, -0.25) is 0 Å². The molecule has 2 aromatic rings. The molecule has 3 heteroatoms. The van der Waals surface area contributed by atoms with Crippen LogP contribution in [0, 0.1) is 18.3 Å². The van der Waals surface area contributed by atoms with Crippen molar-refractivity contribution >= 4 is 11.0 Å². The molecule has 0 saturated heterocycles. The summed E-state index contributed by atoms with van der Waals surface area (Å²) in [6.45, 7) is 3.77. The summed E-state index contributed by atoms with van der Waals surface area (Å²) < 4.78 is 11.2. The van der Waals surface area contributed by atoms with E-state index >= 15 is 0 Å². The fourth-order valence-electron chi connectivity index (χ4n) is 1.63. The van der Waals surface area contributed by atoms with Crippen molar-refractivity contribution in [2.75, 3.05) is 0 Å². The molecule has 1 atom stereocenters. The second-order valence-electron chi connectivity index (χ2n) is 3.63. The van der Waals surface area contributed by atoms with Crippen LogP contribution in [-0.2, 0) is 0 Å². The van der Waals surface area contributed by atoms with Gasteiger partial charge in [0.1, 0.15) is 17.4 Å². The zero-order valence-corrected chi connectivity index (χ0v) is 9.36. The zero-order valence-electron chi connectivity index (χ0n) is 9.36. The zero-order chi connectivity index (χ0) is 11.5. The van der Waals surface area contributed by atoms with Crippen LogP contribution in [0.25, 0.3) is 11.0 Å². The van der Waals surface area contributed by atoms with Gasteiger partial charge < -0.3 is 9.15 Å². The van der Waals surface area contributed by atoms with Crippen LogP contribution in [0.15, 0.2) is 28.7 Å². The number of aryl methyl sites for hydroxylation is 1. The molecule has 1 aromatic heterocycles. The fourth-order valence-corrected chi connectivity index (χ4v) is 1.63. The molecule has 0 N–H and O–H groups in total. The van der Waals surface area contributed by atoms with Crippen LogP contribution >= 0.6 is 0 Å². The quantitative estimate of drug-likeness (QED) is 0.788. The lowest BCUT2D eigenvalue weighted by Gasteiger charge is -2.09. The normalized spacial score (nSPS) is 12.3. The Hall–Kier alpha value is -1.95. The third kappa shape index (κ3) is 1.74. The van der Waals surface area contributed by atoms with Gasteiger partial charge in [0, 0.05) is 0 Å². The number of ether oxygens (including phenoxy) is 1. The molecule has 0 amide bonds. The Labute approximate surface area is 94.2 Å². The van der Waals surface area contributed by atoms with Crippen LogP contribution in [0.3, 0.4) is 0 Å². The summed E-state index contributed by atoms with van der Waals surface area (Å²) in [4.78, 5) is 0. The van der Waals surface area contributed by atoms with Crippen LogP contribution in [0.1, 0.15) is 19.1 Å². The van der Waals surface area contributed by atoms with E-state index < -0.39 is 6.10 Å². The van der Waals surface area contributed by atoms with E-state index in [4.69, 9.17) is 14.4 Å². The highest BCUT2D eigenvalue weighted by molar-refractivity contribution is 5.85. The molecule has 0 aliphatic heterocycles. The van der Waals surface area contributed by atoms with Crippen LogP contribution in [0.5, 0.6) is 5.75 Å². The van der Waals surface area contributed by atoms with E-state index in [1.165, 1.54) is 0 Å². The van der Waals surface area contributed by atoms with E-state index in [9.17, 15) is 0 Å². The van der Waals surface area contributed by atoms with Gasteiger partial charge in [0.2, 0.25) is 0 Å². The van der Waals surface area contributed by atoms with Crippen molar-refractivity contribution in [1.29, 1.82) is 5.26 Å². The molecule has 0 aliphatic rings. The molecule has 1 aromatic carbocycles. The third-order valence-electron chi connectivity index (χ3n) is 2.49. The van der Waals surface area contributed by atoms with Crippen LogP contribution in [0.2, 0.25) is 0 Å². The molecule has 0 radical (unpaired) electrons. The minimum Gasteiger partial charge on any atom is -0.471 e. The molecule has 3 nitrogen and oxygen atoms in total. The first-order valence-electron chi connectivity index (χ1n) is 5.30. The predicted octanol–water partition coefficient (Wildman–Crippen LogP) is 3.42. The largest absolute Gasteiger partial charge is 0.471 e. The molecule has 1 heterocycles. The van der Waals surface area contributed by atoms with Gasteiger partial charge in [0.15, 0.2) is 11.9 Å². The van der Waals surface area contributed by atoms with E-state index in [1.807, 2.05) is 38.1 Å². The molecule has 2 rings (SSSR count). The smallest absolute Gasteiger partial charge is 0.184 e. The number of para-hydroxylation sites is 1. The van der Waals surface area contributed by atoms with Gasteiger partial charge in [-0.25, -0.2) is 0 Å². The summed E-state index contributed by atoms with van der Waals surface area (Å²) >= 11 is 0. The Morgan fingerprint density at radius 3 is 2.88 bits per heavy atom. The Balaban J connectivity index is 2.44. The number of hydrogen-bond acceptors (Lipinski definition) is 3. The van der Waals surface area contributed by atoms with Crippen molar-refractivity contribution in [3.05, 3.63) is 30.0 Å². The maximum Gasteiger partial charge on any atom is 0.184 e. The second-order valence-corrected chi connectivity index (χ2v) is 3.63. The molecule has 82 valence electrons. The highest BCUT2D eigenvalue weighted by Crippen LogP contribution is 2.33. The molecule has 0 aliphatic carbocycles. The van der Waals surface area contributed by atoms with Crippen LogP contribution < -0.4 is 4.74 Å². The van der Waals surface area contributed by atoms with Gasteiger partial charge >= 0.3 is 0 Å². The minimum atomic E-state index is -0.417. The first-order valence-corrected chi connectivity index (χ1v) is 5.30. The number of benzene rings is 1. The van der Waals surface area contributed by atoms with Crippen molar-refractivity contribution in [1.82, 2.24) is 0 Å². The Morgan fingerprint density at radius 2 is 2.19 bits per heavy atom. The number of rotatable bonds is 3. The summed E-state index contributed by atoms with van der Waals surface area (Å²) in [6, 6.07) is 9.79. The van der Waals surface area contributed by atoms with Crippen molar-refractivity contribution in [3.63, 3.8) is 0 Å². The van der Waals surface area contributed by atoms with E-state index in [0.717, 1.165) is 16.7 Å². The van der Waals surface area contributed by atoms with Gasteiger partial charge in [-0.05, 0) is 25.5 Å². The highest BCUT2D eigenvalue weighted by atomic mass is 16.5. The molecule has 0 spiro atoms. The van der Waals surface area contributed by atoms with Crippen molar-refractivity contribution in [2.24, 2.45) is 0 Å². The summed E-state index contributed by atoms with van der Waals surface area (Å²) in [7, 11) is 0. The van der Waals surface area contributed by atoms with Gasteiger partial charge in [0.05, 0.1) is 5.39 Å². The van der Waals surface area contributed by atoms with Crippen molar-refractivity contribution < 1.29 is 9.15 Å². The molecule has 1 unspecified atom stereocenters. The molecular formula is C13H13NO2. The molecule has 0 fully saturated rings. The van der Waals surface area contributed by atoms with Gasteiger partial charge in [-0.2, -0.15) is 5.26 Å². The standard InChI is InChI=1S/C13H13NO2/c1-3-10(8-14)16-13-9(2)15-12-7-5-4-6-11(12)13/h4-7,10H,3H2,1-2H3. The van der Waals surface area contributed by atoms with Crippen LogP contribution in [0.4, 0.5) is 0 Å². The summed E-state index contributed by atoms with van der Waals surface area (Å²) in [5.41, 5.74) is 0.794. The lowest BCUT2D eigenvalue weighted by Crippen LogP contribution is -2.12. The summed E-state index contributed by atoms with van der Waals surface area (Å²) in [5.74, 6) is 1.40. The SMILES string of the molecule is CCC(C#N)Oc1c(C)oc2ccccc12. The highest BCUT2D eigenvalue weighted by Gasteiger charge is 2.15. The van der Waals surface area contributed by atoms with Crippen LogP contribution in [-0.4, -0.2) is 6.10 Å². The average molecular weight is 215 g/mol. The Bertz CT molecular complexity index is 536. The van der Waals surface area contributed by atoms with Crippen molar-refractivity contribution in [2.45, 2.75) is 26.4 Å². The number of hydrogen-bond donors (Lipinski definition) is 0. The predicted molar refractivity (Wildman–Crippen MR) is 61.3 cm³/mol. The number of fused-ring (bicyclic) bond motifs is 1. The third-order valence-corrected chi connectivity index (χ3v) is 2.49. The van der Waals surface area contributed by atoms with E-state index in [1.54, 1.807) is 0 Å². The first kappa shape index (κ1) is 10.6. The second kappa shape index (κ2) is 4.28. The Morgan fingerprint density at radius 1 is 1.44 bits per heavy atom. The van der Waals surface area contributed by atoms with Crippen molar-refractivity contribution in [3.8, 4) is 11.8 Å². The van der Waals surface area contributed by atoms with Gasteiger partial charge in [-0.15, -0.1) is 0 Å². The monoisotopic (exact) mass is 215 g/mol. The van der Waals surface area contributed by atoms with E-state index in [-0.39, 0.29) is 0 Å². The summed E-state index contributed by atoms with van der Waals surface area (Å²) in [6.07, 6.45) is 0.245. The minimum absolute atomic E-state index is 0.417. The molecular weight excluding hydrogens is 202 g/mol. The fraction of sp³-hybridized carbons (Fsp3) is 0.308. The molecule has 0 bridgehead atoms. The maximum absolute atomic E-state index is 8.88.